The maximum Gasteiger partial charge on any atom is 0.251 e. The summed E-state index contributed by atoms with van der Waals surface area (Å²) >= 11 is 0. The monoisotopic (exact) mass is 250 g/mol. The maximum atomic E-state index is 11.8. The molecule has 0 aromatic carbocycles. The normalized spacial score (nSPS) is 15.9. The molecule has 1 heterocycles. The Kier molecular flexibility index (Phi) is 3.85. The number of H-pyrrole nitrogens is 1. The van der Waals surface area contributed by atoms with Crippen molar-refractivity contribution < 1.29 is 4.74 Å². The highest BCUT2D eigenvalue weighted by Crippen LogP contribution is 2.39. The number of nitrogens with zero attached hydrogens (tertiary/aromatic N) is 1. The summed E-state index contributed by atoms with van der Waals surface area (Å²) in [6.07, 6.45) is 3.92. The predicted octanol–water partition coefficient (Wildman–Crippen LogP) is 2.70. The van der Waals surface area contributed by atoms with Gasteiger partial charge < -0.3 is 9.72 Å². The number of hydrogen-bond acceptors (Lipinski definition) is 3. The van der Waals surface area contributed by atoms with Crippen LogP contribution in [-0.2, 0) is 10.3 Å². The number of hydrogen-bond donors (Lipinski definition) is 1. The van der Waals surface area contributed by atoms with Crippen LogP contribution in [0.25, 0.3) is 0 Å². The van der Waals surface area contributed by atoms with Crippen LogP contribution in [0.2, 0.25) is 0 Å². The first-order valence-corrected chi connectivity index (χ1v) is 6.91. The van der Waals surface area contributed by atoms with Gasteiger partial charge in [0.05, 0.1) is 5.69 Å². The van der Waals surface area contributed by atoms with E-state index in [1.165, 1.54) is 0 Å². The van der Waals surface area contributed by atoms with Gasteiger partial charge in [-0.1, -0.05) is 13.8 Å². The van der Waals surface area contributed by atoms with E-state index in [4.69, 9.17) is 4.74 Å². The summed E-state index contributed by atoms with van der Waals surface area (Å²) in [6.45, 7) is 6.74. The topological polar surface area (TPSA) is 55.0 Å². The molecule has 4 heteroatoms. The molecule has 1 fully saturated rings. The molecule has 2 rings (SSSR count). The molecule has 0 aliphatic heterocycles. The van der Waals surface area contributed by atoms with Gasteiger partial charge in [0.15, 0.2) is 0 Å². The Morgan fingerprint density at radius 3 is 2.56 bits per heavy atom. The third kappa shape index (κ3) is 2.48. The van der Waals surface area contributed by atoms with Crippen molar-refractivity contribution in [3.05, 3.63) is 27.9 Å². The smallest absolute Gasteiger partial charge is 0.251 e. The molecular formula is C14H22N2O2. The zero-order valence-electron chi connectivity index (χ0n) is 11.5. The lowest BCUT2D eigenvalue weighted by Crippen LogP contribution is -2.33. The first kappa shape index (κ1) is 13.3. The Bertz CT molecular complexity index is 459. The van der Waals surface area contributed by atoms with Crippen LogP contribution in [-0.4, -0.2) is 16.6 Å². The van der Waals surface area contributed by atoms with Gasteiger partial charge in [-0.3, -0.25) is 4.79 Å². The fraction of sp³-hybridized carbons (Fsp3) is 0.714. The highest BCUT2D eigenvalue weighted by atomic mass is 16.5. The molecule has 1 aromatic rings. The minimum absolute atomic E-state index is 0.0621. The summed E-state index contributed by atoms with van der Waals surface area (Å²) in [5.41, 5.74) is 0.423. The molecule has 1 aliphatic carbocycles. The predicted molar refractivity (Wildman–Crippen MR) is 70.7 cm³/mol. The standard InChI is InChI=1S/C14H22N2O2/c1-4-14(5-2,18-6-3)13-15-11(10-7-8-10)9-12(17)16-13/h9-10H,4-8H2,1-3H3,(H,15,16,17). The zero-order valence-corrected chi connectivity index (χ0v) is 11.5. The van der Waals surface area contributed by atoms with Crippen LogP contribution in [0.4, 0.5) is 0 Å². The van der Waals surface area contributed by atoms with Gasteiger partial charge in [0.25, 0.3) is 5.56 Å². The molecule has 0 amide bonds. The van der Waals surface area contributed by atoms with Gasteiger partial charge in [-0.05, 0) is 32.6 Å². The second-order valence-electron chi connectivity index (χ2n) is 4.93. The van der Waals surface area contributed by atoms with E-state index >= 15 is 0 Å². The Morgan fingerprint density at radius 1 is 1.39 bits per heavy atom. The molecule has 0 unspecified atom stereocenters. The van der Waals surface area contributed by atoms with Crippen molar-refractivity contribution in [1.82, 2.24) is 9.97 Å². The summed E-state index contributed by atoms with van der Waals surface area (Å²) < 4.78 is 5.89. The fourth-order valence-corrected chi connectivity index (χ4v) is 2.41. The second kappa shape index (κ2) is 5.22. The molecule has 4 nitrogen and oxygen atoms in total. The Labute approximate surface area is 108 Å². The fourth-order valence-electron chi connectivity index (χ4n) is 2.41. The second-order valence-corrected chi connectivity index (χ2v) is 4.93. The molecule has 18 heavy (non-hydrogen) atoms. The third-order valence-corrected chi connectivity index (χ3v) is 3.75. The molecular weight excluding hydrogens is 228 g/mol. The average molecular weight is 250 g/mol. The van der Waals surface area contributed by atoms with Crippen molar-refractivity contribution in [3.8, 4) is 0 Å². The molecule has 0 spiro atoms. The molecule has 0 radical (unpaired) electrons. The number of nitrogens with one attached hydrogen (secondary N) is 1. The van der Waals surface area contributed by atoms with E-state index in [2.05, 4.69) is 23.8 Å². The average Bonchev–Trinajstić information content (AvgIpc) is 3.19. The molecule has 0 saturated heterocycles. The maximum absolute atomic E-state index is 11.8. The van der Waals surface area contributed by atoms with Crippen molar-refractivity contribution in [2.24, 2.45) is 0 Å². The summed E-state index contributed by atoms with van der Waals surface area (Å²) in [5.74, 6) is 1.18. The van der Waals surface area contributed by atoms with Crippen LogP contribution in [0.15, 0.2) is 10.9 Å². The van der Waals surface area contributed by atoms with E-state index in [9.17, 15) is 4.79 Å². The minimum atomic E-state index is -0.446. The van der Waals surface area contributed by atoms with E-state index in [0.29, 0.717) is 18.3 Å². The lowest BCUT2D eigenvalue weighted by Gasteiger charge is -2.30. The molecule has 100 valence electrons. The largest absolute Gasteiger partial charge is 0.367 e. The van der Waals surface area contributed by atoms with Gasteiger partial charge in [0, 0.05) is 18.6 Å². The van der Waals surface area contributed by atoms with Crippen LogP contribution in [0, 0.1) is 0 Å². The lowest BCUT2D eigenvalue weighted by molar-refractivity contribution is -0.0574. The summed E-state index contributed by atoms with van der Waals surface area (Å²) in [5, 5.41) is 0. The highest BCUT2D eigenvalue weighted by molar-refractivity contribution is 5.16. The molecule has 0 bridgehead atoms. The van der Waals surface area contributed by atoms with E-state index in [1.54, 1.807) is 6.07 Å². The number of aromatic amines is 1. The molecule has 1 aromatic heterocycles. The lowest BCUT2D eigenvalue weighted by atomic mass is 9.95. The number of aromatic nitrogens is 2. The van der Waals surface area contributed by atoms with Crippen molar-refractivity contribution >= 4 is 0 Å². The van der Waals surface area contributed by atoms with E-state index < -0.39 is 5.60 Å². The molecule has 1 saturated carbocycles. The Hall–Kier alpha value is -1.16. The van der Waals surface area contributed by atoms with E-state index in [0.717, 1.165) is 31.4 Å². The van der Waals surface area contributed by atoms with Crippen LogP contribution >= 0.6 is 0 Å². The summed E-state index contributed by atoms with van der Waals surface area (Å²) in [7, 11) is 0. The van der Waals surface area contributed by atoms with Gasteiger partial charge in [-0.2, -0.15) is 0 Å². The number of rotatable bonds is 6. The highest BCUT2D eigenvalue weighted by Gasteiger charge is 2.34. The Balaban J connectivity index is 2.43. The van der Waals surface area contributed by atoms with E-state index in [-0.39, 0.29) is 5.56 Å². The van der Waals surface area contributed by atoms with Gasteiger partial charge in [-0.25, -0.2) is 4.98 Å². The van der Waals surface area contributed by atoms with Gasteiger partial charge in [0.2, 0.25) is 0 Å². The summed E-state index contributed by atoms with van der Waals surface area (Å²) in [6, 6.07) is 1.63. The molecule has 1 aliphatic rings. The van der Waals surface area contributed by atoms with Gasteiger partial charge >= 0.3 is 0 Å². The van der Waals surface area contributed by atoms with Crippen LogP contribution in [0.5, 0.6) is 0 Å². The van der Waals surface area contributed by atoms with Crippen LogP contribution in [0.3, 0.4) is 0 Å². The quantitative estimate of drug-likeness (QED) is 0.844. The van der Waals surface area contributed by atoms with Gasteiger partial charge in [-0.15, -0.1) is 0 Å². The first-order valence-electron chi connectivity index (χ1n) is 6.91. The zero-order chi connectivity index (χ0) is 13.2. The molecule has 1 N–H and O–H groups in total. The SMILES string of the molecule is CCOC(CC)(CC)c1nc(C2CC2)cc(=O)[nH]1. The minimum Gasteiger partial charge on any atom is -0.367 e. The van der Waals surface area contributed by atoms with Crippen molar-refractivity contribution in [2.45, 2.75) is 58.0 Å². The van der Waals surface area contributed by atoms with Crippen molar-refractivity contribution in [1.29, 1.82) is 0 Å². The van der Waals surface area contributed by atoms with Gasteiger partial charge in [0.1, 0.15) is 11.4 Å². The summed E-state index contributed by atoms with van der Waals surface area (Å²) in [4.78, 5) is 19.3. The molecule has 0 atom stereocenters. The van der Waals surface area contributed by atoms with E-state index in [1.807, 2.05) is 6.92 Å². The van der Waals surface area contributed by atoms with Crippen LogP contribution < -0.4 is 5.56 Å². The third-order valence-electron chi connectivity index (χ3n) is 3.75. The Morgan fingerprint density at radius 2 is 2.06 bits per heavy atom. The first-order chi connectivity index (χ1) is 8.65. The van der Waals surface area contributed by atoms with Crippen molar-refractivity contribution in [2.75, 3.05) is 6.61 Å². The van der Waals surface area contributed by atoms with Crippen LogP contribution in [0.1, 0.15) is 63.9 Å². The van der Waals surface area contributed by atoms with Crippen molar-refractivity contribution in [3.63, 3.8) is 0 Å². The number of ether oxygens (including phenoxy) is 1.